The monoisotopic (exact) mass is 221 g/mol. The molecule has 4 nitrogen and oxygen atoms in total. The van der Waals surface area contributed by atoms with E-state index in [1.807, 2.05) is 26.0 Å². The smallest absolute Gasteiger partial charge is 0.244 e. The van der Waals surface area contributed by atoms with Crippen molar-refractivity contribution in [1.29, 1.82) is 0 Å². The molecule has 0 saturated carbocycles. The van der Waals surface area contributed by atoms with E-state index in [0.29, 0.717) is 18.2 Å². The average molecular weight is 221 g/mol. The van der Waals surface area contributed by atoms with Crippen LogP contribution in [-0.2, 0) is 4.79 Å². The Bertz CT molecular complexity index is 337. The molecular weight excluding hydrogens is 202 g/mol. The molecule has 0 aliphatic heterocycles. The third-order valence-electron chi connectivity index (χ3n) is 2.37. The first-order chi connectivity index (χ1) is 7.52. The average Bonchev–Trinajstić information content (AvgIpc) is 2.27. The van der Waals surface area contributed by atoms with Gasteiger partial charge in [-0.2, -0.15) is 0 Å². The number of hydrogen-bond acceptors (Lipinski definition) is 3. The lowest BCUT2D eigenvalue weighted by molar-refractivity contribution is -0.119. The van der Waals surface area contributed by atoms with Gasteiger partial charge < -0.3 is 5.73 Å². The first-order valence-electron chi connectivity index (χ1n) is 5.46. The van der Waals surface area contributed by atoms with Gasteiger partial charge >= 0.3 is 0 Å². The summed E-state index contributed by atoms with van der Waals surface area (Å²) in [4.78, 5) is 17.6. The number of rotatable bonds is 4. The van der Waals surface area contributed by atoms with Crippen molar-refractivity contribution >= 4 is 11.7 Å². The summed E-state index contributed by atoms with van der Waals surface area (Å²) >= 11 is 0. The lowest BCUT2D eigenvalue weighted by Crippen LogP contribution is -2.42. The van der Waals surface area contributed by atoms with Crippen molar-refractivity contribution in [2.45, 2.75) is 26.3 Å². The Labute approximate surface area is 96.5 Å². The van der Waals surface area contributed by atoms with E-state index in [0.717, 1.165) is 0 Å². The molecule has 0 spiro atoms. The second-order valence-electron chi connectivity index (χ2n) is 4.32. The number of likely N-dealkylation sites (N-methyl/N-ethyl adjacent to an activating group) is 1. The molecular formula is C12H19N3O. The number of amides is 1. The van der Waals surface area contributed by atoms with Gasteiger partial charge in [-0.05, 0) is 24.5 Å². The molecule has 0 aliphatic carbocycles. The molecule has 0 fully saturated rings. The molecule has 1 amide bonds. The largest absolute Gasteiger partial charge is 0.320 e. The second kappa shape index (κ2) is 5.61. The van der Waals surface area contributed by atoms with Crippen molar-refractivity contribution in [2.75, 3.05) is 11.9 Å². The topological polar surface area (TPSA) is 59.2 Å². The lowest BCUT2D eigenvalue weighted by atomic mass is 10.0. The van der Waals surface area contributed by atoms with E-state index in [-0.39, 0.29) is 5.91 Å². The van der Waals surface area contributed by atoms with Crippen LogP contribution in [0, 0.1) is 5.92 Å². The second-order valence-corrected chi connectivity index (χ2v) is 4.32. The molecule has 88 valence electrons. The number of hydrogen-bond donors (Lipinski definition) is 1. The molecule has 0 radical (unpaired) electrons. The maximum absolute atomic E-state index is 11.9. The van der Waals surface area contributed by atoms with Crippen LogP contribution in [0.25, 0.3) is 0 Å². The van der Waals surface area contributed by atoms with E-state index in [4.69, 9.17) is 5.73 Å². The Morgan fingerprint density at radius 1 is 1.50 bits per heavy atom. The van der Waals surface area contributed by atoms with Crippen molar-refractivity contribution in [1.82, 2.24) is 4.98 Å². The minimum atomic E-state index is -0.452. The predicted octanol–water partition coefficient (Wildman–Crippen LogP) is 1.42. The number of carbonyl (C=O) groups is 1. The summed E-state index contributed by atoms with van der Waals surface area (Å²) in [5.74, 6) is 0.954. The molecule has 1 atom stereocenters. The van der Waals surface area contributed by atoms with E-state index < -0.39 is 6.04 Å². The zero-order valence-corrected chi connectivity index (χ0v) is 10.1. The number of carbonyl (C=O) groups excluding carboxylic acids is 1. The van der Waals surface area contributed by atoms with Gasteiger partial charge in [0.25, 0.3) is 0 Å². The molecule has 1 aromatic heterocycles. The summed E-state index contributed by atoms with van der Waals surface area (Å²) < 4.78 is 0. The molecule has 0 saturated heterocycles. The molecule has 2 N–H and O–H groups in total. The highest BCUT2D eigenvalue weighted by atomic mass is 16.2. The van der Waals surface area contributed by atoms with Crippen molar-refractivity contribution in [3.8, 4) is 0 Å². The van der Waals surface area contributed by atoms with E-state index in [1.165, 1.54) is 4.90 Å². The van der Waals surface area contributed by atoms with Gasteiger partial charge in [0.2, 0.25) is 5.91 Å². The number of pyridine rings is 1. The van der Waals surface area contributed by atoms with E-state index in [9.17, 15) is 4.79 Å². The highest BCUT2D eigenvalue weighted by molar-refractivity contribution is 5.95. The normalized spacial score (nSPS) is 12.6. The molecule has 0 bridgehead atoms. The standard InChI is InChI=1S/C12H19N3O/c1-9(2)8-10(13)12(16)15(3)11-6-4-5-7-14-11/h4-7,9-10H,8,13H2,1-3H3/t10-/m1/s1. The molecule has 1 aromatic rings. The molecule has 1 rings (SSSR count). The molecule has 16 heavy (non-hydrogen) atoms. The van der Waals surface area contributed by atoms with Crippen molar-refractivity contribution in [3.05, 3.63) is 24.4 Å². The Morgan fingerprint density at radius 3 is 2.69 bits per heavy atom. The van der Waals surface area contributed by atoms with Crippen molar-refractivity contribution in [2.24, 2.45) is 11.7 Å². The molecule has 4 heteroatoms. The first kappa shape index (κ1) is 12.6. The maximum Gasteiger partial charge on any atom is 0.244 e. The molecule has 0 aliphatic rings. The Morgan fingerprint density at radius 2 is 2.19 bits per heavy atom. The number of anilines is 1. The van der Waals surface area contributed by atoms with Gasteiger partial charge in [-0.25, -0.2) is 4.98 Å². The van der Waals surface area contributed by atoms with Gasteiger partial charge in [0.15, 0.2) is 0 Å². The Balaban J connectivity index is 2.67. The zero-order valence-electron chi connectivity index (χ0n) is 10.1. The summed E-state index contributed by atoms with van der Waals surface area (Å²) in [5.41, 5.74) is 5.84. The fourth-order valence-corrected chi connectivity index (χ4v) is 1.52. The van der Waals surface area contributed by atoms with Gasteiger partial charge in [0.05, 0.1) is 6.04 Å². The maximum atomic E-state index is 11.9. The van der Waals surface area contributed by atoms with Crippen LogP contribution in [0.5, 0.6) is 0 Å². The fourth-order valence-electron chi connectivity index (χ4n) is 1.52. The third-order valence-corrected chi connectivity index (χ3v) is 2.37. The van der Waals surface area contributed by atoms with Crippen LogP contribution in [0.3, 0.4) is 0 Å². The lowest BCUT2D eigenvalue weighted by Gasteiger charge is -2.21. The summed E-state index contributed by atoms with van der Waals surface area (Å²) in [5, 5.41) is 0. The summed E-state index contributed by atoms with van der Waals surface area (Å²) in [6, 6.07) is 5.00. The van der Waals surface area contributed by atoms with Crippen LogP contribution in [0.4, 0.5) is 5.82 Å². The highest BCUT2D eigenvalue weighted by Crippen LogP contribution is 2.11. The third kappa shape index (κ3) is 3.31. The summed E-state index contributed by atoms with van der Waals surface area (Å²) in [6.45, 7) is 4.10. The van der Waals surface area contributed by atoms with Crippen LogP contribution in [0.15, 0.2) is 24.4 Å². The van der Waals surface area contributed by atoms with Gasteiger partial charge in [0, 0.05) is 13.2 Å². The minimum absolute atomic E-state index is 0.0904. The summed E-state index contributed by atoms with van der Waals surface area (Å²) in [6.07, 6.45) is 2.35. The number of aromatic nitrogens is 1. The first-order valence-corrected chi connectivity index (χ1v) is 5.46. The van der Waals surface area contributed by atoms with E-state index in [2.05, 4.69) is 4.98 Å². The fraction of sp³-hybridized carbons (Fsp3) is 0.500. The highest BCUT2D eigenvalue weighted by Gasteiger charge is 2.20. The Hall–Kier alpha value is -1.42. The van der Waals surface area contributed by atoms with Crippen molar-refractivity contribution in [3.63, 3.8) is 0 Å². The Kier molecular flexibility index (Phi) is 4.43. The quantitative estimate of drug-likeness (QED) is 0.836. The predicted molar refractivity (Wildman–Crippen MR) is 65.1 cm³/mol. The van der Waals surface area contributed by atoms with Crippen LogP contribution in [0.1, 0.15) is 20.3 Å². The SMILES string of the molecule is CC(C)C[C@@H](N)C(=O)N(C)c1ccccn1. The van der Waals surface area contributed by atoms with E-state index >= 15 is 0 Å². The minimum Gasteiger partial charge on any atom is -0.320 e. The zero-order chi connectivity index (χ0) is 12.1. The van der Waals surface area contributed by atoms with Crippen LogP contribution >= 0.6 is 0 Å². The molecule has 1 heterocycles. The number of nitrogens with two attached hydrogens (primary N) is 1. The molecule has 0 aromatic carbocycles. The van der Waals surface area contributed by atoms with Crippen molar-refractivity contribution < 1.29 is 4.79 Å². The van der Waals surface area contributed by atoms with Gasteiger partial charge in [-0.15, -0.1) is 0 Å². The van der Waals surface area contributed by atoms with Crippen LogP contribution < -0.4 is 10.6 Å². The van der Waals surface area contributed by atoms with Crippen LogP contribution in [0.2, 0.25) is 0 Å². The van der Waals surface area contributed by atoms with E-state index in [1.54, 1.807) is 19.3 Å². The number of nitrogens with zero attached hydrogens (tertiary/aromatic N) is 2. The molecule has 0 unspecified atom stereocenters. The summed E-state index contributed by atoms with van der Waals surface area (Å²) in [7, 11) is 1.70. The van der Waals surface area contributed by atoms with Crippen LogP contribution in [-0.4, -0.2) is 24.0 Å². The van der Waals surface area contributed by atoms with Gasteiger partial charge in [0.1, 0.15) is 5.82 Å². The van der Waals surface area contributed by atoms with Gasteiger partial charge in [-0.3, -0.25) is 9.69 Å². The van der Waals surface area contributed by atoms with Gasteiger partial charge in [-0.1, -0.05) is 19.9 Å².